The summed E-state index contributed by atoms with van der Waals surface area (Å²) in [5.41, 5.74) is 6.09. The molecule has 0 aliphatic heterocycles. The third kappa shape index (κ3) is 2.46. The molecule has 12 heavy (non-hydrogen) atoms. The smallest absolute Gasteiger partial charge is 0.0493 e. The van der Waals surface area contributed by atoms with Crippen LogP contribution in [0.2, 0.25) is 0 Å². The first-order valence-electron chi connectivity index (χ1n) is 4.85. The highest BCUT2D eigenvalue weighted by Gasteiger charge is 2.30. The predicted molar refractivity (Wildman–Crippen MR) is 53.1 cm³/mol. The molecule has 0 aromatic heterocycles. The Kier molecular flexibility index (Phi) is 5.51. The van der Waals surface area contributed by atoms with Crippen molar-refractivity contribution in [1.29, 1.82) is 0 Å². The molecular formula is C10H23NO. The summed E-state index contributed by atoms with van der Waals surface area (Å²) in [6.45, 7) is 8.23. The summed E-state index contributed by atoms with van der Waals surface area (Å²) in [6, 6.07) is 0. The fourth-order valence-electron chi connectivity index (χ4n) is 1.86. The van der Waals surface area contributed by atoms with Gasteiger partial charge in [0.2, 0.25) is 0 Å². The van der Waals surface area contributed by atoms with Crippen LogP contribution in [-0.4, -0.2) is 20.3 Å². The van der Waals surface area contributed by atoms with Crippen LogP contribution in [0.25, 0.3) is 0 Å². The largest absolute Gasteiger partial charge is 0.384 e. The fourth-order valence-corrected chi connectivity index (χ4v) is 1.86. The molecule has 1 atom stereocenters. The second kappa shape index (κ2) is 5.55. The van der Waals surface area contributed by atoms with Crippen LogP contribution in [0.4, 0.5) is 0 Å². The van der Waals surface area contributed by atoms with Gasteiger partial charge >= 0.3 is 0 Å². The number of hydrogen-bond donors (Lipinski definition) is 1. The summed E-state index contributed by atoms with van der Waals surface area (Å²) in [6.07, 6.45) is 2.29. The van der Waals surface area contributed by atoms with Crippen LogP contribution in [0.1, 0.15) is 33.6 Å². The first-order valence-corrected chi connectivity index (χ1v) is 4.85. The summed E-state index contributed by atoms with van der Waals surface area (Å²) in [5, 5.41) is 0. The van der Waals surface area contributed by atoms with Gasteiger partial charge in [0.25, 0.3) is 0 Å². The monoisotopic (exact) mass is 173 g/mol. The van der Waals surface area contributed by atoms with E-state index < -0.39 is 0 Å². The van der Waals surface area contributed by atoms with Gasteiger partial charge in [0, 0.05) is 13.7 Å². The van der Waals surface area contributed by atoms with Gasteiger partial charge in [-0.25, -0.2) is 0 Å². The summed E-state index contributed by atoms with van der Waals surface area (Å²) in [4.78, 5) is 0. The highest BCUT2D eigenvalue weighted by Crippen LogP contribution is 2.33. The van der Waals surface area contributed by atoms with E-state index in [1.165, 1.54) is 0 Å². The maximum absolute atomic E-state index is 5.80. The first kappa shape index (κ1) is 11.9. The molecule has 0 saturated carbocycles. The van der Waals surface area contributed by atoms with E-state index in [-0.39, 0.29) is 5.41 Å². The van der Waals surface area contributed by atoms with Crippen molar-refractivity contribution in [3.63, 3.8) is 0 Å². The third-order valence-corrected chi connectivity index (χ3v) is 3.28. The van der Waals surface area contributed by atoms with Crippen molar-refractivity contribution in [2.45, 2.75) is 33.6 Å². The second-order valence-corrected chi connectivity index (χ2v) is 3.63. The van der Waals surface area contributed by atoms with Gasteiger partial charge in [-0.05, 0) is 30.7 Å². The van der Waals surface area contributed by atoms with Crippen molar-refractivity contribution >= 4 is 0 Å². The molecule has 74 valence electrons. The molecule has 0 heterocycles. The first-order chi connectivity index (χ1) is 5.66. The molecule has 2 N–H and O–H groups in total. The lowest BCUT2D eigenvalue weighted by atomic mass is 9.72. The zero-order valence-corrected chi connectivity index (χ0v) is 8.89. The number of hydrogen-bond acceptors (Lipinski definition) is 2. The van der Waals surface area contributed by atoms with Gasteiger partial charge in [-0.15, -0.1) is 0 Å². The molecule has 0 aromatic carbocycles. The Bertz CT molecular complexity index is 102. The van der Waals surface area contributed by atoms with Crippen molar-refractivity contribution in [1.82, 2.24) is 0 Å². The minimum atomic E-state index is 0.288. The Morgan fingerprint density at radius 1 is 1.33 bits per heavy atom. The van der Waals surface area contributed by atoms with Gasteiger partial charge < -0.3 is 10.5 Å². The average molecular weight is 173 g/mol. The standard InChI is InChI=1S/C10H23NO/c1-5-10(6-2,8-11)9(3)7-12-4/h9H,5-8,11H2,1-4H3. The molecule has 0 saturated heterocycles. The van der Waals surface area contributed by atoms with Crippen molar-refractivity contribution in [2.75, 3.05) is 20.3 Å². The number of nitrogens with two attached hydrogens (primary N) is 1. The molecule has 1 unspecified atom stereocenters. The van der Waals surface area contributed by atoms with E-state index in [0.29, 0.717) is 5.92 Å². The number of methoxy groups -OCH3 is 1. The van der Waals surface area contributed by atoms with E-state index in [0.717, 1.165) is 26.0 Å². The van der Waals surface area contributed by atoms with Gasteiger partial charge in [-0.1, -0.05) is 20.8 Å². The Balaban J connectivity index is 4.24. The highest BCUT2D eigenvalue weighted by molar-refractivity contribution is 4.82. The summed E-state index contributed by atoms with van der Waals surface area (Å²) in [5.74, 6) is 0.558. The van der Waals surface area contributed by atoms with Crippen LogP contribution in [0.15, 0.2) is 0 Å². The summed E-state index contributed by atoms with van der Waals surface area (Å²) >= 11 is 0. The number of ether oxygens (including phenoxy) is 1. The van der Waals surface area contributed by atoms with Gasteiger partial charge in [-0.3, -0.25) is 0 Å². The Morgan fingerprint density at radius 2 is 1.83 bits per heavy atom. The Labute approximate surface area is 76.5 Å². The van der Waals surface area contributed by atoms with Crippen LogP contribution >= 0.6 is 0 Å². The minimum Gasteiger partial charge on any atom is -0.384 e. The zero-order valence-electron chi connectivity index (χ0n) is 8.89. The molecule has 0 aromatic rings. The molecule has 0 aliphatic rings. The predicted octanol–water partition coefficient (Wildman–Crippen LogP) is 2.03. The third-order valence-electron chi connectivity index (χ3n) is 3.28. The normalized spacial score (nSPS) is 14.8. The molecule has 0 rings (SSSR count). The van der Waals surface area contributed by atoms with Crippen molar-refractivity contribution < 1.29 is 4.74 Å². The van der Waals surface area contributed by atoms with Crippen molar-refractivity contribution in [3.05, 3.63) is 0 Å². The minimum absolute atomic E-state index is 0.288. The van der Waals surface area contributed by atoms with E-state index in [1.807, 2.05) is 0 Å². The van der Waals surface area contributed by atoms with Crippen molar-refractivity contribution in [2.24, 2.45) is 17.1 Å². The molecule has 0 fully saturated rings. The Morgan fingerprint density at radius 3 is 2.08 bits per heavy atom. The van der Waals surface area contributed by atoms with Crippen LogP contribution in [-0.2, 0) is 4.74 Å². The summed E-state index contributed by atoms with van der Waals surface area (Å²) in [7, 11) is 1.75. The molecule has 0 spiro atoms. The lowest BCUT2D eigenvalue weighted by Crippen LogP contribution is -2.37. The van der Waals surface area contributed by atoms with Gasteiger partial charge in [0.15, 0.2) is 0 Å². The lowest BCUT2D eigenvalue weighted by molar-refractivity contribution is 0.0683. The van der Waals surface area contributed by atoms with E-state index in [1.54, 1.807) is 7.11 Å². The topological polar surface area (TPSA) is 35.2 Å². The highest BCUT2D eigenvalue weighted by atomic mass is 16.5. The van der Waals surface area contributed by atoms with E-state index in [2.05, 4.69) is 20.8 Å². The molecule has 2 heteroatoms. The zero-order chi connectivity index (χ0) is 9.61. The van der Waals surface area contributed by atoms with E-state index >= 15 is 0 Å². The van der Waals surface area contributed by atoms with Gasteiger partial charge in [0.1, 0.15) is 0 Å². The Hall–Kier alpha value is -0.0800. The quantitative estimate of drug-likeness (QED) is 0.667. The molecule has 0 radical (unpaired) electrons. The van der Waals surface area contributed by atoms with Crippen molar-refractivity contribution in [3.8, 4) is 0 Å². The maximum Gasteiger partial charge on any atom is 0.0493 e. The second-order valence-electron chi connectivity index (χ2n) is 3.63. The molecule has 0 aliphatic carbocycles. The van der Waals surface area contributed by atoms with E-state index in [9.17, 15) is 0 Å². The molecule has 2 nitrogen and oxygen atoms in total. The average Bonchev–Trinajstić information content (AvgIpc) is 2.09. The van der Waals surface area contributed by atoms with Gasteiger partial charge in [-0.2, -0.15) is 0 Å². The number of rotatable bonds is 6. The molecule has 0 bridgehead atoms. The van der Waals surface area contributed by atoms with E-state index in [4.69, 9.17) is 10.5 Å². The van der Waals surface area contributed by atoms with Crippen LogP contribution in [0, 0.1) is 11.3 Å². The SMILES string of the molecule is CCC(CC)(CN)C(C)COC. The summed E-state index contributed by atoms with van der Waals surface area (Å²) < 4.78 is 5.16. The molecular weight excluding hydrogens is 150 g/mol. The van der Waals surface area contributed by atoms with Crippen LogP contribution in [0.3, 0.4) is 0 Å². The molecule has 0 amide bonds. The maximum atomic E-state index is 5.80. The lowest BCUT2D eigenvalue weighted by Gasteiger charge is -2.36. The fraction of sp³-hybridized carbons (Fsp3) is 1.00. The van der Waals surface area contributed by atoms with Crippen LogP contribution < -0.4 is 5.73 Å². The van der Waals surface area contributed by atoms with Crippen LogP contribution in [0.5, 0.6) is 0 Å². The van der Waals surface area contributed by atoms with Gasteiger partial charge in [0.05, 0.1) is 0 Å².